The van der Waals surface area contributed by atoms with Crippen molar-refractivity contribution in [2.45, 2.75) is 11.3 Å². The van der Waals surface area contributed by atoms with E-state index >= 15 is 0 Å². The van der Waals surface area contributed by atoms with Gasteiger partial charge in [-0.15, -0.1) is 0 Å². The molecule has 1 aromatic carbocycles. The third-order valence-corrected chi connectivity index (χ3v) is 5.99. The number of hydrogen-bond donors (Lipinski definition) is 0. The Labute approximate surface area is 144 Å². The molecular formula is C13H10Br2N2O2S2. The van der Waals surface area contributed by atoms with Crippen molar-refractivity contribution < 1.29 is 8.42 Å². The molecule has 2 rings (SSSR count). The molecule has 110 valence electrons. The minimum absolute atomic E-state index is 0.184. The minimum Gasteiger partial charge on any atom is -0.218 e. The van der Waals surface area contributed by atoms with Gasteiger partial charge in [0.15, 0.2) is 0 Å². The van der Waals surface area contributed by atoms with E-state index in [4.69, 9.17) is 0 Å². The highest BCUT2D eigenvalue weighted by atomic mass is 79.9. The van der Waals surface area contributed by atoms with Crippen LogP contribution in [0.2, 0.25) is 0 Å². The summed E-state index contributed by atoms with van der Waals surface area (Å²) in [5, 5.41) is 0. The van der Waals surface area contributed by atoms with Gasteiger partial charge in [0.25, 0.3) is 0 Å². The van der Waals surface area contributed by atoms with Crippen LogP contribution in [0.1, 0.15) is 6.42 Å². The Morgan fingerprint density at radius 2 is 1.81 bits per heavy atom. The van der Waals surface area contributed by atoms with Crippen LogP contribution in [-0.4, -0.2) is 20.8 Å². The quantitative estimate of drug-likeness (QED) is 0.502. The largest absolute Gasteiger partial charge is 0.218 e. The predicted molar refractivity (Wildman–Crippen MR) is 95.6 cm³/mol. The fourth-order valence-electron chi connectivity index (χ4n) is 1.71. The van der Waals surface area contributed by atoms with Crippen LogP contribution in [0.4, 0.5) is 0 Å². The molecule has 0 unspecified atom stereocenters. The fraction of sp³-hybridized carbons (Fsp3) is 0.0769. The van der Waals surface area contributed by atoms with E-state index in [2.05, 4.69) is 47.4 Å². The van der Waals surface area contributed by atoms with Gasteiger partial charge in [0.2, 0.25) is 9.84 Å². The van der Waals surface area contributed by atoms with E-state index in [0.717, 1.165) is 21.1 Å². The van der Waals surface area contributed by atoms with E-state index in [1.54, 1.807) is 36.4 Å². The average molecular weight is 450 g/mol. The van der Waals surface area contributed by atoms with Crippen LogP contribution in [0.25, 0.3) is 0 Å². The highest BCUT2D eigenvalue weighted by molar-refractivity contribution is 9.11. The molecule has 0 aromatic heterocycles. The molecule has 1 aliphatic rings. The van der Waals surface area contributed by atoms with Crippen LogP contribution >= 0.6 is 44.0 Å². The van der Waals surface area contributed by atoms with Gasteiger partial charge in [0.05, 0.1) is 15.5 Å². The molecule has 0 fully saturated rings. The van der Waals surface area contributed by atoms with Gasteiger partial charge in [0.1, 0.15) is 12.1 Å². The van der Waals surface area contributed by atoms with Crippen molar-refractivity contribution in [2.24, 2.45) is 8.80 Å². The standard InChI is InChI=1S/C13H10Br2N2O2S2/c1-16-20-17-12-8-10(15)4-7-13(12)21(18,19)11-5-2-9(14)3-6-11/h2-7H,1,8H2/b17-12+. The maximum Gasteiger partial charge on any atom is 0.208 e. The first-order valence-corrected chi connectivity index (χ1v) is 9.51. The van der Waals surface area contributed by atoms with E-state index < -0.39 is 9.84 Å². The molecule has 4 nitrogen and oxygen atoms in total. The summed E-state index contributed by atoms with van der Waals surface area (Å²) in [6.07, 6.45) is 3.67. The molecule has 0 N–H and O–H groups in total. The highest BCUT2D eigenvalue weighted by Crippen LogP contribution is 2.30. The predicted octanol–water partition coefficient (Wildman–Crippen LogP) is 4.49. The summed E-state index contributed by atoms with van der Waals surface area (Å²) >= 11 is 7.53. The van der Waals surface area contributed by atoms with Crippen molar-refractivity contribution >= 4 is 66.3 Å². The third-order valence-electron chi connectivity index (χ3n) is 2.66. The Hall–Kier alpha value is -0.700. The van der Waals surface area contributed by atoms with E-state index in [1.807, 2.05) is 0 Å². The molecule has 21 heavy (non-hydrogen) atoms. The summed E-state index contributed by atoms with van der Waals surface area (Å²) in [4.78, 5) is 0.414. The summed E-state index contributed by atoms with van der Waals surface area (Å²) in [6, 6.07) is 6.51. The van der Waals surface area contributed by atoms with Gasteiger partial charge in [-0.2, -0.15) is 4.40 Å². The molecule has 1 aromatic rings. The number of benzene rings is 1. The maximum absolute atomic E-state index is 12.7. The lowest BCUT2D eigenvalue weighted by molar-refractivity contribution is 0.603. The van der Waals surface area contributed by atoms with Gasteiger partial charge in [-0.25, -0.2) is 12.8 Å². The first-order chi connectivity index (χ1) is 9.95. The minimum atomic E-state index is -3.61. The van der Waals surface area contributed by atoms with Gasteiger partial charge >= 0.3 is 0 Å². The molecular weight excluding hydrogens is 440 g/mol. The van der Waals surface area contributed by atoms with Crippen molar-refractivity contribution in [2.75, 3.05) is 0 Å². The number of hydrogen-bond acceptors (Lipinski definition) is 5. The van der Waals surface area contributed by atoms with Gasteiger partial charge in [-0.05, 0) is 30.3 Å². The molecule has 0 saturated heterocycles. The second kappa shape index (κ2) is 7.04. The molecule has 0 radical (unpaired) electrons. The van der Waals surface area contributed by atoms with Crippen LogP contribution < -0.4 is 0 Å². The Balaban J connectivity index is 2.50. The number of rotatable bonds is 4. The topological polar surface area (TPSA) is 58.9 Å². The van der Waals surface area contributed by atoms with Crippen LogP contribution in [-0.2, 0) is 9.84 Å². The van der Waals surface area contributed by atoms with Crippen LogP contribution in [0.5, 0.6) is 0 Å². The first kappa shape index (κ1) is 16.7. The van der Waals surface area contributed by atoms with E-state index in [0.29, 0.717) is 12.1 Å². The van der Waals surface area contributed by atoms with Crippen molar-refractivity contribution in [1.82, 2.24) is 0 Å². The molecule has 0 atom stereocenters. The van der Waals surface area contributed by atoms with Crippen LogP contribution in [0.15, 0.2) is 64.0 Å². The van der Waals surface area contributed by atoms with Crippen molar-refractivity contribution in [3.63, 3.8) is 0 Å². The smallest absolute Gasteiger partial charge is 0.208 e. The summed E-state index contributed by atoms with van der Waals surface area (Å²) in [5.41, 5.74) is 0.449. The maximum atomic E-state index is 12.7. The Kier molecular flexibility index (Phi) is 5.59. The molecule has 0 heterocycles. The van der Waals surface area contributed by atoms with Crippen molar-refractivity contribution in [3.05, 3.63) is 50.3 Å². The molecule has 0 aliphatic heterocycles. The second-order valence-corrected chi connectivity index (χ2v) is 8.48. The fourth-order valence-corrected chi connectivity index (χ4v) is 4.17. The number of halogens is 2. The highest BCUT2D eigenvalue weighted by Gasteiger charge is 2.27. The van der Waals surface area contributed by atoms with E-state index in [9.17, 15) is 8.42 Å². The molecule has 0 amide bonds. The molecule has 0 spiro atoms. The zero-order chi connectivity index (χ0) is 15.5. The number of allylic oxidation sites excluding steroid dienone is 4. The van der Waals surface area contributed by atoms with E-state index in [-0.39, 0.29) is 9.80 Å². The van der Waals surface area contributed by atoms with Crippen LogP contribution in [0.3, 0.4) is 0 Å². The summed E-state index contributed by atoms with van der Waals surface area (Å²) in [7, 11) is -3.61. The van der Waals surface area contributed by atoms with Crippen molar-refractivity contribution in [1.29, 1.82) is 0 Å². The molecule has 8 heteroatoms. The summed E-state index contributed by atoms with van der Waals surface area (Å²) in [5.74, 6) is 0. The van der Waals surface area contributed by atoms with Gasteiger partial charge in [-0.3, -0.25) is 0 Å². The second-order valence-electron chi connectivity index (χ2n) is 4.03. The Morgan fingerprint density at radius 3 is 2.43 bits per heavy atom. The average Bonchev–Trinajstić information content (AvgIpc) is 2.45. The molecule has 1 aliphatic carbocycles. The van der Waals surface area contributed by atoms with Crippen molar-refractivity contribution in [3.8, 4) is 0 Å². The SMILES string of the molecule is C=NS/N=C1\CC(Br)=CC=C1S(=O)(=O)c1ccc(Br)cc1. The Bertz CT molecular complexity index is 751. The molecule has 0 bridgehead atoms. The van der Waals surface area contributed by atoms with Gasteiger partial charge < -0.3 is 0 Å². The lowest BCUT2D eigenvalue weighted by Gasteiger charge is -2.14. The normalized spacial score (nSPS) is 17.3. The Morgan fingerprint density at radius 1 is 1.14 bits per heavy atom. The number of nitrogens with zero attached hydrogens (tertiary/aromatic N) is 2. The summed E-state index contributed by atoms with van der Waals surface area (Å²) in [6.45, 7) is 3.32. The lowest BCUT2D eigenvalue weighted by Crippen LogP contribution is -2.16. The number of sulfone groups is 1. The molecule has 0 saturated carbocycles. The monoisotopic (exact) mass is 448 g/mol. The van der Waals surface area contributed by atoms with Gasteiger partial charge in [-0.1, -0.05) is 37.9 Å². The zero-order valence-corrected chi connectivity index (χ0v) is 15.5. The van der Waals surface area contributed by atoms with Crippen LogP contribution in [0, 0.1) is 0 Å². The third kappa shape index (κ3) is 3.94. The van der Waals surface area contributed by atoms with Gasteiger partial charge in [0, 0.05) is 22.1 Å². The van der Waals surface area contributed by atoms with E-state index in [1.165, 1.54) is 0 Å². The lowest BCUT2D eigenvalue weighted by atomic mass is 10.1. The summed E-state index contributed by atoms with van der Waals surface area (Å²) < 4.78 is 34.8. The first-order valence-electron chi connectivity index (χ1n) is 5.71. The zero-order valence-electron chi connectivity index (χ0n) is 10.7.